The fraction of sp³-hybridized carbons (Fsp3) is 0.800. The van der Waals surface area contributed by atoms with Gasteiger partial charge in [0.25, 0.3) is 5.96 Å². The van der Waals surface area contributed by atoms with Crippen molar-refractivity contribution >= 4 is 17.7 Å². The van der Waals surface area contributed by atoms with Crippen molar-refractivity contribution in [2.75, 3.05) is 33.7 Å². The SMILES string of the molecule is CN=C(N)[NH+]1CC[C@H](CNC)[C@@]2(C1)[C@@H]1CC[C@H]3CCCCC(=O)[C@]4(O)C[C@@]32C(=C4C(=O)[O-])C1. The van der Waals surface area contributed by atoms with Crippen molar-refractivity contribution in [1.29, 1.82) is 0 Å². The average molecular weight is 459 g/mol. The molecule has 0 amide bonds. The maximum Gasteiger partial charge on any atom is 0.293 e. The molecule has 5 aliphatic rings. The van der Waals surface area contributed by atoms with Gasteiger partial charge in [0, 0.05) is 36.3 Å². The zero-order valence-electron chi connectivity index (χ0n) is 19.9. The summed E-state index contributed by atoms with van der Waals surface area (Å²) in [5.41, 5.74) is 4.45. The molecule has 0 aromatic carbocycles. The van der Waals surface area contributed by atoms with E-state index in [2.05, 4.69) is 10.3 Å². The molecule has 2 spiro atoms. The number of guanidine groups is 1. The van der Waals surface area contributed by atoms with Crippen LogP contribution in [0, 0.1) is 28.6 Å². The van der Waals surface area contributed by atoms with Crippen LogP contribution in [0.3, 0.4) is 0 Å². The Morgan fingerprint density at radius 1 is 1.27 bits per heavy atom. The number of piperidine rings is 1. The smallest absolute Gasteiger partial charge is 0.293 e. The largest absolute Gasteiger partial charge is 0.545 e. The third kappa shape index (κ3) is 2.83. The molecule has 3 saturated carbocycles. The number of hydrogen-bond acceptors (Lipinski definition) is 6. The topological polar surface area (TPSA) is 132 Å². The Hall–Kier alpha value is -1.77. The summed E-state index contributed by atoms with van der Waals surface area (Å²) < 4.78 is 0. The number of nitrogens with zero attached hydrogens (tertiary/aromatic N) is 1. The van der Waals surface area contributed by atoms with E-state index >= 15 is 0 Å². The van der Waals surface area contributed by atoms with Gasteiger partial charge < -0.3 is 26.1 Å². The zero-order chi connectivity index (χ0) is 23.6. The number of aliphatic hydroxyl groups is 1. The fourth-order valence-corrected chi connectivity index (χ4v) is 9.28. The van der Waals surface area contributed by atoms with Crippen LogP contribution < -0.4 is 21.1 Å². The lowest BCUT2D eigenvalue weighted by atomic mass is 9.44. The number of carboxylic acids is 1. The molecule has 4 fully saturated rings. The summed E-state index contributed by atoms with van der Waals surface area (Å²) in [4.78, 5) is 31.3. The number of aliphatic carboxylic acids is 1. The van der Waals surface area contributed by atoms with Crippen molar-refractivity contribution in [1.82, 2.24) is 5.32 Å². The van der Waals surface area contributed by atoms with Crippen LogP contribution in [0.1, 0.15) is 57.8 Å². The second-order valence-electron chi connectivity index (χ2n) is 11.2. The second kappa shape index (κ2) is 7.89. The van der Waals surface area contributed by atoms with E-state index in [0.29, 0.717) is 30.6 Å². The van der Waals surface area contributed by atoms with Crippen molar-refractivity contribution in [3.8, 4) is 0 Å². The van der Waals surface area contributed by atoms with E-state index in [1.807, 2.05) is 7.05 Å². The Bertz CT molecular complexity index is 931. The molecule has 1 unspecified atom stereocenters. The molecule has 1 heterocycles. The first-order valence-corrected chi connectivity index (χ1v) is 12.7. The standard InChI is InChI=1S/C25H38N4O4/c1-27-12-17-9-10-29(22(26)28-2)14-24(17)16-8-7-15-5-3-4-6-19(30)25(33)13-23(15,24)18(11-16)20(25)21(31)32/h15-17,27,33H,3-14H2,1-2H3,(H2,26,28)(H,31,32)/t15-,16-,17-,23+,24-,25-/m1/s1. The van der Waals surface area contributed by atoms with Crippen molar-refractivity contribution in [3.05, 3.63) is 11.1 Å². The van der Waals surface area contributed by atoms with E-state index in [-0.39, 0.29) is 35.5 Å². The van der Waals surface area contributed by atoms with Gasteiger partial charge in [-0.05, 0) is 69.9 Å². The molecular formula is C25H38N4O4. The molecule has 8 nitrogen and oxygen atoms in total. The van der Waals surface area contributed by atoms with Gasteiger partial charge in [-0.1, -0.05) is 12.0 Å². The Balaban J connectivity index is 1.78. The van der Waals surface area contributed by atoms with Crippen LogP contribution in [0.2, 0.25) is 0 Å². The fourth-order valence-electron chi connectivity index (χ4n) is 9.28. The number of ketones is 1. The summed E-state index contributed by atoms with van der Waals surface area (Å²) in [6.45, 7) is 2.50. The third-order valence-electron chi connectivity index (χ3n) is 10.3. The molecule has 4 aliphatic carbocycles. The number of carbonyl (C=O) groups is 2. The van der Waals surface area contributed by atoms with Crippen molar-refractivity contribution in [3.63, 3.8) is 0 Å². The number of Topliss-reactive ketones (excluding diaryl/α,β-unsaturated/α-hetero) is 1. The van der Waals surface area contributed by atoms with Gasteiger partial charge in [0.05, 0.1) is 19.1 Å². The van der Waals surface area contributed by atoms with Crippen molar-refractivity contribution in [2.45, 2.75) is 63.4 Å². The Morgan fingerprint density at radius 3 is 2.73 bits per heavy atom. The van der Waals surface area contributed by atoms with Crippen LogP contribution in [0.25, 0.3) is 0 Å². The highest BCUT2D eigenvalue weighted by atomic mass is 16.4. The number of fused-ring (bicyclic) bond motifs is 1. The van der Waals surface area contributed by atoms with Crippen LogP contribution in [0.4, 0.5) is 0 Å². The summed E-state index contributed by atoms with van der Waals surface area (Å²) in [5, 5.41) is 27.8. The molecule has 8 heteroatoms. The number of rotatable bonds is 3. The maximum atomic E-state index is 13.3. The third-order valence-corrected chi connectivity index (χ3v) is 10.3. The number of hydrogen-bond donors (Lipinski definition) is 4. The van der Waals surface area contributed by atoms with Gasteiger partial charge in [0.2, 0.25) is 0 Å². The quantitative estimate of drug-likeness (QED) is 0.310. The first-order chi connectivity index (χ1) is 15.8. The van der Waals surface area contributed by atoms with E-state index in [4.69, 9.17) is 5.73 Å². The minimum absolute atomic E-state index is 0.0874. The second-order valence-corrected chi connectivity index (χ2v) is 11.2. The van der Waals surface area contributed by atoms with Gasteiger partial charge in [-0.2, -0.15) is 0 Å². The van der Waals surface area contributed by atoms with Crippen LogP contribution in [0.5, 0.6) is 0 Å². The molecule has 5 rings (SSSR count). The molecular weight excluding hydrogens is 420 g/mol. The van der Waals surface area contributed by atoms with E-state index in [9.17, 15) is 19.8 Å². The number of quaternary nitrogens is 1. The number of likely N-dealkylation sites (tertiary alicyclic amines) is 1. The summed E-state index contributed by atoms with van der Waals surface area (Å²) in [6, 6.07) is 0. The highest BCUT2D eigenvalue weighted by molar-refractivity contribution is 6.03. The molecule has 7 atom stereocenters. The maximum absolute atomic E-state index is 13.3. The summed E-state index contributed by atoms with van der Waals surface area (Å²) in [5.74, 6) is -0.206. The molecule has 182 valence electrons. The van der Waals surface area contributed by atoms with E-state index in [0.717, 1.165) is 62.2 Å². The molecule has 0 radical (unpaired) electrons. The lowest BCUT2D eigenvalue weighted by molar-refractivity contribution is -0.828. The Kier molecular flexibility index (Phi) is 5.49. The van der Waals surface area contributed by atoms with Gasteiger partial charge in [-0.3, -0.25) is 9.69 Å². The molecule has 3 bridgehead atoms. The minimum Gasteiger partial charge on any atom is -0.545 e. The molecule has 0 aromatic rings. The van der Waals surface area contributed by atoms with Crippen LogP contribution in [-0.4, -0.2) is 62.1 Å². The zero-order valence-corrected chi connectivity index (χ0v) is 19.9. The molecule has 5 N–H and O–H groups in total. The first-order valence-electron chi connectivity index (χ1n) is 12.7. The number of carboxylic acid groups (broad SMARTS) is 1. The number of nitrogens with one attached hydrogen (secondary N) is 2. The number of allylic oxidation sites excluding steroid dienone is 1. The average Bonchev–Trinajstić information content (AvgIpc) is 3.15. The van der Waals surface area contributed by atoms with Crippen LogP contribution in [0.15, 0.2) is 16.1 Å². The van der Waals surface area contributed by atoms with Crippen LogP contribution >= 0.6 is 0 Å². The predicted molar refractivity (Wildman–Crippen MR) is 121 cm³/mol. The highest BCUT2D eigenvalue weighted by Gasteiger charge is 2.77. The molecule has 0 aromatic heterocycles. The molecule has 33 heavy (non-hydrogen) atoms. The summed E-state index contributed by atoms with van der Waals surface area (Å²) >= 11 is 0. The predicted octanol–water partition coefficient (Wildman–Crippen LogP) is -1.22. The van der Waals surface area contributed by atoms with Gasteiger partial charge in [-0.15, -0.1) is 0 Å². The lowest BCUT2D eigenvalue weighted by Gasteiger charge is -2.61. The van der Waals surface area contributed by atoms with E-state index in [1.165, 1.54) is 0 Å². The Morgan fingerprint density at radius 2 is 2.03 bits per heavy atom. The first kappa shape index (κ1) is 23.0. The van der Waals surface area contributed by atoms with E-state index < -0.39 is 17.0 Å². The number of carbonyl (C=O) groups excluding carboxylic acids is 2. The van der Waals surface area contributed by atoms with Crippen molar-refractivity contribution in [2.24, 2.45) is 39.3 Å². The Labute approximate surface area is 195 Å². The van der Waals surface area contributed by atoms with Gasteiger partial charge in [-0.25, -0.2) is 4.99 Å². The number of nitrogens with two attached hydrogens (primary N) is 1. The molecule has 1 aliphatic heterocycles. The van der Waals surface area contributed by atoms with E-state index in [1.54, 1.807) is 7.05 Å². The van der Waals surface area contributed by atoms with Gasteiger partial charge in [0.1, 0.15) is 0 Å². The normalized spacial score (nSPS) is 45.2. The lowest BCUT2D eigenvalue weighted by Crippen LogP contribution is -3.19. The summed E-state index contributed by atoms with van der Waals surface area (Å²) in [6.07, 6.45) is 6.73. The highest BCUT2D eigenvalue weighted by Crippen LogP contribution is 2.77. The minimum atomic E-state index is -1.93. The van der Waals surface area contributed by atoms with Crippen molar-refractivity contribution < 1.29 is 24.7 Å². The van der Waals surface area contributed by atoms with Gasteiger partial charge in [0.15, 0.2) is 11.4 Å². The summed E-state index contributed by atoms with van der Waals surface area (Å²) in [7, 11) is 3.70. The van der Waals surface area contributed by atoms with Gasteiger partial charge >= 0.3 is 0 Å². The number of aliphatic imine (C=N–C) groups is 1. The monoisotopic (exact) mass is 458 g/mol. The van der Waals surface area contributed by atoms with Crippen LogP contribution in [-0.2, 0) is 9.59 Å². The molecule has 1 saturated heterocycles.